The summed E-state index contributed by atoms with van der Waals surface area (Å²) in [5.74, 6) is 0. The van der Waals surface area contributed by atoms with Crippen LogP contribution in [0.4, 0.5) is 0 Å². The highest BCUT2D eigenvalue weighted by atomic mass is 32.2. The average molecular weight is 283 g/mol. The van der Waals surface area contributed by atoms with Crippen LogP contribution < -0.4 is 4.72 Å². The van der Waals surface area contributed by atoms with Gasteiger partial charge in [-0.3, -0.25) is 10.1 Å². The van der Waals surface area contributed by atoms with E-state index in [0.717, 1.165) is 37.1 Å². The molecule has 0 spiro atoms. The third-order valence-corrected chi connectivity index (χ3v) is 4.42. The summed E-state index contributed by atoms with van der Waals surface area (Å²) in [5.41, 5.74) is 2.42. The molecular weight excluding hydrogens is 262 g/mol. The molecule has 1 saturated heterocycles. The van der Waals surface area contributed by atoms with E-state index in [4.69, 9.17) is 0 Å². The second kappa shape index (κ2) is 5.54. The Morgan fingerprint density at radius 3 is 2.79 bits per heavy atom. The first kappa shape index (κ1) is 14.4. The lowest BCUT2D eigenvalue weighted by Crippen LogP contribution is -2.36. The molecule has 0 aromatic carbocycles. The lowest BCUT2D eigenvalue weighted by molar-refractivity contribution is -0.429. The van der Waals surface area contributed by atoms with Crippen molar-refractivity contribution in [3.63, 3.8) is 0 Å². The van der Waals surface area contributed by atoms with Crippen LogP contribution in [0.3, 0.4) is 0 Å². The van der Waals surface area contributed by atoms with Crippen molar-refractivity contribution in [1.29, 1.82) is 0 Å². The third-order valence-electron chi connectivity index (χ3n) is 3.12. The van der Waals surface area contributed by atoms with Crippen molar-refractivity contribution in [3.8, 4) is 0 Å². The molecule has 0 unspecified atom stereocenters. The van der Waals surface area contributed by atoms with Gasteiger partial charge in [-0.2, -0.15) is 0 Å². The zero-order valence-corrected chi connectivity index (χ0v) is 12.5. The van der Waals surface area contributed by atoms with Gasteiger partial charge in [0.1, 0.15) is 0 Å². The zero-order valence-electron chi connectivity index (χ0n) is 11.7. The quantitative estimate of drug-likeness (QED) is 0.489. The van der Waals surface area contributed by atoms with E-state index >= 15 is 0 Å². The monoisotopic (exact) mass is 283 g/mol. The molecule has 5 nitrogen and oxygen atoms in total. The highest BCUT2D eigenvalue weighted by Crippen LogP contribution is 2.37. The first-order valence-corrected chi connectivity index (χ1v) is 7.44. The number of nitro groups is 1. The van der Waals surface area contributed by atoms with E-state index in [1.54, 1.807) is 12.1 Å². The summed E-state index contributed by atoms with van der Waals surface area (Å²) < 4.78 is 5.54. The Bertz CT molecular complexity index is 438. The predicted molar refractivity (Wildman–Crippen MR) is 77.8 cm³/mol. The fraction of sp³-hybridized carbons (Fsp3) is 0.692. The second-order valence-electron chi connectivity index (χ2n) is 5.96. The van der Waals surface area contributed by atoms with E-state index in [1.807, 2.05) is 0 Å². The molecule has 106 valence electrons. The van der Waals surface area contributed by atoms with Gasteiger partial charge >= 0.3 is 0 Å². The lowest BCUT2D eigenvalue weighted by atomic mass is 9.93. The summed E-state index contributed by atoms with van der Waals surface area (Å²) in [4.78, 5) is 10.9. The van der Waals surface area contributed by atoms with E-state index in [2.05, 4.69) is 35.9 Å². The van der Waals surface area contributed by atoms with E-state index in [-0.39, 0.29) is 10.5 Å². The lowest BCUT2D eigenvalue weighted by Gasteiger charge is -2.35. The number of hydrogen-bond donors (Lipinski definition) is 1. The Morgan fingerprint density at radius 2 is 2.16 bits per heavy atom. The summed E-state index contributed by atoms with van der Waals surface area (Å²) in [6.45, 7) is 7.27. The summed E-state index contributed by atoms with van der Waals surface area (Å²) in [5, 5.41) is 11.1. The van der Waals surface area contributed by atoms with Gasteiger partial charge < -0.3 is 4.31 Å². The molecule has 0 bridgehead atoms. The molecule has 19 heavy (non-hydrogen) atoms. The van der Waals surface area contributed by atoms with Crippen LogP contribution >= 0.6 is 12.1 Å². The van der Waals surface area contributed by atoms with Gasteiger partial charge in [-0.1, -0.05) is 6.08 Å². The fourth-order valence-corrected chi connectivity index (χ4v) is 3.19. The number of nitrogens with one attached hydrogen (secondary N) is 1. The molecule has 6 heteroatoms. The van der Waals surface area contributed by atoms with Crippen molar-refractivity contribution in [2.45, 2.75) is 52.0 Å². The average Bonchev–Trinajstić information content (AvgIpc) is 2.34. The highest BCUT2D eigenvalue weighted by Gasteiger charge is 2.31. The van der Waals surface area contributed by atoms with Crippen LogP contribution in [0.2, 0.25) is 0 Å². The van der Waals surface area contributed by atoms with Crippen molar-refractivity contribution in [2.24, 2.45) is 0 Å². The minimum absolute atomic E-state index is 0.0210. The number of piperidine rings is 1. The first-order chi connectivity index (χ1) is 8.88. The predicted octanol–water partition coefficient (Wildman–Crippen LogP) is 3.24. The van der Waals surface area contributed by atoms with Gasteiger partial charge in [-0.25, -0.2) is 4.72 Å². The molecule has 0 amide bonds. The van der Waals surface area contributed by atoms with Crippen molar-refractivity contribution in [1.82, 2.24) is 9.03 Å². The van der Waals surface area contributed by atoms with Gasteiger partial charge in [-0.15, -0.1) is 0 Å². The smallest absolute Gasteiger partial charge is 0.251 e. The molecule has 2 rings (SSSR count). The van der Waals surface area contributed by atoms with Gasteiger partial charge in [-0.05, 0) is 40.0 Å². The largest absolute Gasteiger partial charge is 0.303 e. The minimum atomic E-state index is -0.201. The van der Waals surface area contributed by atoms with Gasteiger partial charge in [0.05, 0.1) is 10.6 Å². The molecule has 1 aliphatic heterocycles. The van der Waals surface area contributed by atoms with Gasteiger partial charge in [0.2, 0.25) is 0 Å². The molecule has 1 N–H and O–H groups in total. The molecule has 0 saturated carbocycles. The standard InChI is InChI=1S/C13H21N3O2S/c1-13(2,3)14-19-15-9-5-6-10-11(15)7-4-8-12(10)16(17)18/h7,14H,4-6,8-9H2,1-3H3. The summed E-state index contributed by atoms with van der Waals surface area (Å²) >= 11 is 1.56. The molecule has 0 aromatic heterocycles. The van der Waals surface area contributed by atoms with Crippen LogP contribution in [0.5, 0.6) is 0 Å². The molecule has 0 aromatic rings. The highest BCUT2D eigenvalue weighted by molar-refractivity contribution is 7.95. The number of rotatable bonds is 3. The third kappa shape index (κ3) is 3.51. The van der Waals surface area contributed by atoms with Crippen LogP contribution in [0.25, 0.3) is 0 Å². The van der Waals surface area contributed by atoms with Gasteiger partial charge in [0.15, 0.2) is 0 Å². The molecule has 2 aliphatic rings. The number of hydrogen-bond acceptors (Lipinski definition) is 5. The fourth-order valence-electron chi connectivity index (χ4n) is 2.30. The van der Waals surface area contributed by atoms with Crippen molar-refractivity contribution >= 4 is 12.1 Å². The molecular formula is C13H21N3O2S. The van der Waals surface area contributed by atoms with Crippen molar-refractivity contribution < 1.29 is 4.92 Å². The minimum Gasteiger partial charge on any atom is -0.303 e. The maximum atomic E-state index is 11.1. The van der Waals surface area contributed by atoms with E-state index in [1.165, 1.54) is 0 Å². The van der Waals surface area contributed by atoms with Gasteiger partial charge in [0, 0.05) is 36.2 Å². The van der Waals surface area contributed by atoms with E-state index in [9.17, 15) is 10.1 Å². The molecule has 1 aliphatic carbocycles. The summed E-state index contributed by atoms with van der Waals surface area (Å²) in [7, 11) is 0. The summed E-state index contributed by atoms with van der Waals surface area (Å²) in [6, 6.07) is 0. The number of allylic oxidation sites excluding steroid dienone is 3. The van der Waals surface area contributed by atoms with Crippen LogP contribution in [-0.2, 0) is 0 Å². The molecule has 0 atom stereocenters. The van der Waals surface area contributed by atoms with Crippen LogP contribution in [0.15, 0.2) is 23.0 Å². The Morgan fingerprint density at radius 1 is 1.42 bits per heavy atom. The zero-order chi connectivity index (χ0) is 14.0. The van der Waals surface area contributed by atoms with E-state index < -0.39 is 0 Å². The Balaban J connectivity index is 2.16. The normalized spacial score (nSPS) is 20.2. The van der Waals surface area contributed by atoms with E-state index in [0.29, 0.717) is 12.1 Å². The second-order valence-corrected chi connectivity index (χ2v) is 6.79. The topological polar surface area (TPSA) is 58.4 Å². The van der Waals surface area contributed by atoms with Crippen LogP contribution in [-0.4, -0.2) is 21.3 Å². The van der Waals surface area contributed by atoms with Crippen LogP contribution in [0, 0.1) is 10.1 Å². The number of nitrogens with zero attached hydrogens (tertiary/aromatic N) is 2. The SMILES string of the molecule is CC(C)(C)NSN1CCCC2=C([N+](=O)[O-])CCC=C21. The Kier molecular flexibility index (Phi) is 4.20. The number of fused-ring (bicyclic) bond motifs is 1. The molecule has 0 radical (unpaired) electrons. The maximum Gasteiger partial charge on any atom is 0.251 e. The summed E-state index contributed by atoms with van der Waals surface area (Å²) in [6.07, 6.45) is 5.27. The van der Waals surface area contributed by atoms with Gasteiger partial charge in [0.25, 0.3) is 5.70 Å². The maximum absolute atomic E-state index is 11.1. The molecule has 1 heterocycles. The Hall–Kier alpha value is -1.01. The van der Waals surface area contributed by atoms with Crippen molar-refractivity contribution in [3.05, 3.63) is 33.2 Å². The molecule has 1 fully saturated rings. The first-order valence-electron chi connectivity index (χ1n) is 6.67. The Labute approximate surface area is 118 Å². The van der Waals surface area contributed by atoms with Crippen molar-refractivity contribution in [2.75, 3.05) is 6.54 Å². The van der Waals surface area contributed by atoms with Crippen LogP contribution in [0.1, 0.15) is 46.5 Å².